The Morgan fingerprint density at radius 3 is 2.49 bits per heavy atom. The number of anilines is 1. The number of rotatable bonds is 13. The fraction of sp³-hybridized carbons (Fsp3) is 0.594. The van der Waals surface area contributed by atoms with Crippen molar-refractivity contribution in [2.24, 2.45) is 23.7 Å². The average molecular weight is 602 g/mol. The molecule has 3 saturated heterocycles. The Kier molecular flexibility index (Phi) is 9.97. The number of hydrogen-bond acceptors (Lipinski definition) is 5. The van der Waals surface area contributed by atoms with E-state index in [9.17, 15) is 19.5 Å². The molecule has 224 valence electrons. The SMILES string of the molecule is C=CCN(CCC)C(=O)[C@@H]1[C@@H]2CC(C)C3(S2)C(C(=O)N(CC=C)c2ccccc2Cl)N([C@@H](CO)[C@@H](C)CC)C(=O)[C@H]13. The van der Waals surface area contributed by atoms with Crippen LogP contribution in [0.5, 0.6) is 0 Å². The Bertz CT molecular complexity index is 1180. The zero-order valence-corrected chi connectivity index (χ0v) is 26.2. The molecule has 1 spiro atoms. The first-order valence-electron chi connectivity index (χ1n) is 14.8. The maximum atomic E-state index is 14.9. The molecule has 3 fully saturated rings. The molecular weight excluding hydrogens is 558 g/mol. The van der Waals surface area contributed by atoms with Crippen LogP contribution in [0.25, 0.3) is 0 Å². The smallest absolute Gasteiger partial charge is 0.251 e. The van der Waals surface area contributed by atoms with Gasteiger partial charge in [-0.2, -0.15) is 0 Å². The van der Waals surface area contributed by atoms with Gasteiger partial charge in [0.25, 0.3) is 5.91 Å². The third-order valence-corrected chi connectivity index (χ3v) is 11.8. The molecule has 1 N–H and O–H groups in total. The topological polar surface area (TPSA) is 81.2 Å². The number of aliphatic hydroxyl groups excluding tert-OH is 1. The zero-order chi connectivity index (χ0) is 30.1. The quantitative estimate of drug-likeness (QED) is 0.321. The number of amides is 3. The number of carbonyl (C=O) groups is 3. The van der Waals surface area contributed by atoms with E-state index in [-0.39, 0.29) is 48.0 Å². The van der Waals surface area contributed by atoms with E-state index < -0.39 is 28.7 Å². The van der Waals surface area contributed by atoms with Gasteiger partial charge in [-0.15, -0.1) is 24.9 Å². The molecule has 1 aromatic carbocycles. The summed E-state index contributed by atoms with van der Waals surface area (Å²) in [6.07, 6.45) is 5.65. The average Bonchev–Trinajstić information content (AvgIpc) is 3.55. The summed E-state index contributed by atoms with van der Waals surface area (Å²) in [5.41, 5.74) is 0.549. The lowest BCUT2D eigenvalue weighted by atomic mass is 9.65. The molecule has 7 nitrogen and oxygen atoms in total. The fourth-order valence-electron chi connectivity index (χ4n) is 7.38. The fourth-order valence-corrected chi connectivity index (χ4v) is 10.0. The zero-order valence-electron chi connectivity index (χ0n) is 24.7. The lowest BCUT2D eigenvalue weighted by Gasteiger charge is -2.43. The van der Waals surface area contributed by atoms with E-state index in [1.165, 1.54) is 0 Å². The summed E-state index contributed by atoms with van der Waals surface area (Å²) in [5, 5.41) is 11.0. The van der Waals surface area contributed by atoms with Crippen LogP contribution in [0, 0.1) is 23.7 Å². The molecule has 8 atom stereocenters. The number of thioether (sulfide) groups is 1. The maximum absolute atomic E-state index is 14.9. The number of nitrogens with zero attached hydrogens (tertiary/aromatic N) is 3. The normalized spacial score (nSPS) is 29.7. The monoisotopic (exact) mass is 601 g/mol. The van der Waals surface area contributed by atoms with E-state index in [4.69, 9.17) is 11.6 Å². The highest BCUT2D eigenvalue weighted by molar-refractivity contribution is 8.02. The van der Waals surface area contributed by atoms with Crippen LogP contribution >= 0.6 is 23.4 Å². The first kappa shape index (κ1) is 31.6. The summed E-state index contributed by atoms with van der Waals surface area (Å²) < 4.78 is -0.799. The van der Waals surface area contributed by atoms with Crippen molar-refractivity contribution < 1.29 is 19.5 Å². The highest BCUT2D eigenvalue weighted by Gasteiger charge is 2.77. The van der Waals surface area contributed by atoms with Crippen LogP contribution < -0.4 is 4.90 Å². The third-order valence-electron chi connectivity index (χ3n) is 9.42. The molecule has 3 amide bonds. The van der Waals surface area contributed by atoms with E-state index in [0.717, 1.165) is 19.3 Å². The van der Waals surface area contributed by atoms with Gasteiger partial charge in [0.2, 0.25) is 11.8 Å². The Morgan fingerprint density at radius 1 is 1.22 bits per heavy atom. The molecule has 1 aromatic rings. The van der Waals surface area contributed by atoms with E-state index in [1.54, 1.807) is 50.7 Å². The second-order valence-corrected chi connectivity index (χ2v) is 13.7. The second-order valence-electron chi connectivity index (χ2n) is 11.7. The molecule has 0 aromatic heterocycles. The van der Waals surface area contributed by atoms with Crippen molar-refractivity contribution in [2.45, 2.75) is 69.0 Å². The Labute approximate surface area is 254 Å². The minimum atomic E-state index is -0.857. The number of aliphatic hydroxyl groups is 1. The van der Waals surface area contributed by atoms with Crippen molar-refractivity contribution in [2.75, 3.05) is 31.1 Å². The first-order valence-corrected chi connectivity index (χ1v) is 16.1. The molecule has 9 heteroatoms. The summed E-state index contributed by atoms with van der Waals surface area (Å²) in [4.78, 5) is 48.8. The predicted molar refractivity (Wildman–Crippen MR) is 167 cm³/mol. The number of hydrogen-bond donors (Lipinski definition) is 1. The van der Waals surface area contributed by atoms with E-state index in [1.807, 2.05) is 32.9 Å². The van der Waals surface area contributed by atoms with Crippen LogP contribution in [-0.2, 0) is 14.4 Å². The van der Waals surface area contributed by atoms with Crippen LogP contribution in [0.1, 0.15) is 47.0 Å². The van der Waals surface area contributed by atoms with Crippen LogP contribution in [0.4, 0.5) is 5.69 Å². The van der Waals surface area contributed by atoms with E-state index >= 15 is 0 Å². The van der Waals surface area contributed by atoms with Crippen LogP contribution in [-0.4, -0.2) is 80.9 Å². The van der Waals surface area contributed by atoms with Gasteiger partial charge in [-0.25, -0.2) is 0 Å². The van der Waals surface area contributed by atoms with Gasteiger partial charge in [0.05, 0.1) is 39.9 Å². The molecule has 3 heterocycles. The van der Waals surface area contributed by atoms with Crippen molar-refractivity contribution in [1.82, 2.24) is 9.80 Å². The third kappa shape index (κ3) is 5.14. The Hall–Kier alpha value is -2.29. The van der Waals surface area contributed by atoms with Crippen molar-refractivity contribution >= 4 is 46.8 Å². The summed E-state index contributed by atoms with van der Waals surface area (Å²) in [6.45, 7) is 16.8. The summed E-state index contributed by atoms with van der Waals surface area (Å²) in [7, 11) is 0. The van der Waals surface area contributed by atoms with Crippen molar-refractivity contribution in [3.63, 3.8) is 0 Å². The Balaban J connectivity index is 1.89. The number of carbonyl (C=O) groups excluding carboxylic acids is 3. The van der Waals surface area contributed by atoms with Gasteiger partial charge in [0.1, 0.15) is 6.04 Å². The molecule has 41 heavy (non-hydrogen) atoms. The standard InChI is InChI=1S/C32H44ClN3O4S/c1-7-15-34(16-8-2)29(38)26-25-18-21(6)32(41-25)27(26)30(39)36(24(19-37)20(5)10-4)28(32)31(40)35(17-9-3)23-14-12-11-13-22(23)33/h7,9,11-14,20-21,24-28,37H,1,3,8,10,15-19H2,2,4-6H3/t20-,21?,24-,25-,26+,27-,28?,32?/m0/s1. The number of fused-ring (bicyclic) bond motifs is 1. The lowest BCUT2D eigenvalue weighted by molar-refractivity contribution is -0.146. The molecule has 4 rings (SSSR count). The molecular formula is C32H44ClN3O4S. The summed E-state index contributed by atoms with van der Waals surface area (Å²) >= 11 is 8.25. The van der Waals surface area contributed by atoms with Crippen molar-refractivity contribution in [1.29, 1.82) is 0 Å². The maximum Gasteiger partial charge on any atom is 0.251 e. The lowest BCUT2D eigenvalue weighted by Crippen LogP contribution is -2.60. The van der Waals surface area contributed by atoms with E-state index in [2.05, 4.69) is 20.1 Å². The van der Waals surface area contributed by atoms with Gasteiger partial charge in [-0.3, -0.25) is 14.4 Å². The molecule has 2 bridgehead atoms. The number of para-hydroxylation sites is 1. The van der Waals surface area contributed by atoms with Crippen molar-refractivity contribution in [3.8, 4) is 0 Å². The van der Waals surface area contributed by atoms with Gasteiger partial charge >= 0.3 is 0 Å². The first-order chi connectivity index (χ1) is 19.6. The molecule has 0 radical (unpaired) electrons. The molecule has 3 unspecified atom stereocenters. The minimum Gasteiger partial charge on any atom is -0.394 e. The number of likely N-dealkylation sites (tertiary alicyclic amines) is 1. The molecule has 0 saturated carbocycles. The van der Waals surface area contributed by atoms with Gasteiger partial charge in [0, 0.05) is 24.9 Å². The summed E-state index contributed by atoms with van der Waals surface area (Å²) in [6, 6.07) is 5.76. The minimum absolute atomic E-state index is 0.0154. The van der Waals surface area contributed by atoms with Crippen LogP contribution in [0.15, 0.2) is 49.6 Å². The number of halogens is 1. The molecule has 3 aliphatic rings. The molecule has 3 aliphatic heterocycles. The van der Waals surface area contributed by atoms with E-state index in [0.29, 0.717) is 23.8 Å². The van der Waals surface area contributed by atoms with Crippen molar-refractivity contribution in [3.05, 3.63) is 54.6 Å². The molecule has 0 aliphatic carbocycles. The second kappa shape index (κ2) is 12.9. The van der Waals surface area contributed by atoms with Crippen LogP contribution in [0.3, 0.4) is 0 Å². The highest BCUT2D eigenvalue weighted by atomic mass is 35.5. The van der Waals surface area contributed by atoms with Gasteiger partial charge < -0.3 is 19.8 Å². The Morgan fingerprint density at radius 2 is 1.90 bits per heavy atom. The van der Waals surface area contributed by atoms with Gasteiger partial charge in [0.15, 0.2) is 0 Å². The van der Waals surface area contributed by atoms with Crippen LogP contribution in [0.2, 0.25) is 5.02 Å². The van der Waals surface area contributed by atoms with Gasteiger partial charge in [-0.1, -0.05) is 70.0 Å². The number of benzene rings is 1. The predicted octanol–water partition coefficient (Wildman–Crippen LogP) is 5.03. The summed E-state index contributed by atoms with van der Waals surface area (Å²) in [5.74, 6) is -1.70. The highest BCUT2D eigenvalue weighted by Crippen LogP contribution is 2.69. The largest absolute Gasteiger partial charge is 0.394 e. The van der Waals surface area contributed by atoms with Gasteiger partial charge in [-0.05, 0) is 36.8 Å².